The molecule has 0 bridgehead atoms. The quantitative estimate of drug-likeness (QED) is 0.762. The Morgan fingerprint density at radius 1 is 1.37 bits per heavy atom. The van der Waals surface area contributed by atoms with E-state index in [2.05, 4.69) is 11.8 Å². The molecule has 0 N–H and O–H groups in total. The normalized spacial score (nSPS) is 20.2. The summed E-state index contributed by atoms with van der Waals surface area (Å²) in [7, 11) is 0. The number of hydrogen-bond donors (Lipinski definition) is 0. The van der Waals surface area contributed by atoms with Crippen molar-refractivity contribution in [3.8, 4) is 0 Å². The summed E-state index contributed by atoms with van der Waals surface area (Å²) in [6.45, 7) is 4.53. The lowest BCUT2D eigenvalue weighted by molar-refractivity contribution is 0.101. The lowest BCUT2D eigenvalue weighted by atomic mass is 10.0. The Labute approximate surface area is 114 Å². The minimum absolute atomic E-state index is 0.188. The molecule has 0 amide bonds. The summed E-state index contributed by atoms with van der Waals surface area (Å²) in [5.41, 5.74) is 1.03. The van der Waals surface area contributed by atoms with Crippen molar-refractivity contribution < 1.29 is 9.18 Å². The molecule has 1 atom stereocenters. The van der Waals surface area contributed by atoms with Gasteiger partial charge in [-0.1, -0.05) is 25.8 Å². The van der Waals surface area contributed by atoms with E-state index in [0.29, 0.717) is 6.04 Å². The summed E-state index contributed by atoms with van der Waals surface area (Å²) in [5, 5.41) is 0. The second-order valence-corrected chi connectivity index (χ2v) is 5.29. The van der Waals surface area contributed by atoms with Crippen LogP contribution in [0.4, 0.5) is 10.1 Å². The highest BCUT2D eigenvalue weighted by Crippen LogP contribution is 2.30. The van der Waals surface area contributed by atoms with E-state index in [1.54, 1.807) is 6.07 Å². The zero-order valence-electron chi connectivity index (χ0n) is 11.8. The number of ketones is 1. The third kappa shape index (κ3) is 2.96. The Kier molecular flexibility index (Phi) is 4.56. The third-order valence-electron chi connectivity index (χ3n) is 4.00. The number of halogens is 1. The molecule has 1 aliphatic heterocycles. The second-order valence-electron chi connectivity index (χ2n) is 5.29. The van der Waals surface area contributed by atoms with Gasteiger partial charge in [0.15, 0.2) is 5.78 Å². The van der Waals surface area contributed by atoms with Gasteiger partial charge >= 0.3 is 0 Å². The molecule has 3 heteroatoms. The van der Waals surface area contributed by atoms with Gasteiger partial charge < -0.3 is 4.90 Å². The van der Waals surface area contributed by atoms with Gasteiger partial charge in [0.05, 0.1) is 11.3 Å². The first-order valence-electron chi connectivity index (χ1n) is 7.21. The molecule has 1 unspecified atom stereocenters. The van der Waals surface area contributed by atoms with Crippen LogP contribution < -0.4 is 4.90 Å². The van der Waals surface area contributed by atoms with Gasteiger partial charge in [0, 0.05) is 12.6 Å². The Balaban J connectivity index is 2.43. The summed E-state index contributed by atoms with van der Waals surface area (Å²) in [6.07, 6.45) is 5.72. The number of rotatable bonds is 3. The summed E-state index contributed by atoms with van der Waals surface area (Å²) in [4.78, 5) is 14.0. The van der Waals surface area contributed by atoms with Crippen LogP contribution in [0, 0.1) is 5.82 Å². The molecule has 1 saturated heterocycles. The van der Waals surface area contributed by atoms with Crippen LogP contribution in [0.5, 0.6) is 0 Å². The summed E-state index contributed by atoms with van der Waals surface area (Å²) in [5.74, 6) is -0.587. The van der Waals surface area contributed by atoms with Crippen molar-refractivity contribution in [3.05, 3.63) is 29.6 Å². The number of nitrogens with zero attached hydrogens (tertiary/aromatic N) is 1. The average molecular weight is 263 g/mol. The second kappa shape index (κ2) is 6.18. The van der Waals surface area contributed by atoms with Crippen LogP contribution in [0.2, 0.25) is 0 Å². The Morgan fingerprint density at radius 2 is 2.16 bits per heavy atom. The van der Waals surface area contributed by atoms with Gasteiger partial charge in [-0.25, -0.2) is 4.39 Å². The van der Waals surface area contributed by atoms with Crippen molar-refractivity contribution in [2.45, 2.75) is 52.0 Å². The third-order valence-corrected chi connectivity index (χ3v) is 4.00. The fraction of sp³-hybridized carbons (Fsp3) is 0.562. The van der Waals surface area contributed by atoms with Crippen molar-refractivity contribution in [1.29, 1.82) is 0 Å². The zero-order chi connectivity index (χ0) is 13.8. The van der Waals surface area contributed by atoms with Gasteiger partial charge in [-0.15, -0.1) is 0 Å². The number of Topliss-reactive ketones (excluding diaryl/α,β-unsaturated/α-hetero) is 1. The molecule has 0 aromatic heterocycles. The first-order valence-corrected chi connectivity index (χ1v) is 7.21. The molecule has 104 valence electrons. The maximum atomic E-state index is 13.9. The summed E-state index contributed by atoms with van der Waals surface area (Å²) >= 11 is 0. The van der Waals surface area contributed by atoms with Gasteiger partial charge in [0.1, 0.15) is 5.82 Å². The van der Waals surface area contributed by atoms with E-state index in [1.165, 1.54) is 25.8 Å². The lowest BCUT2D eigenvalue weighted by Gasteiger charge is -2.32. The largest absolute Gasteiger partial charge is 0.368 e. The molecular weight excluding hydrogens is 241 g/mol. The lowest BCUT2D eigenvalue weighted by Crippen LogP contribution is -2.35. The minimum atomic E-state index is -0.399. The highest BCUT2D eigenvalue weighted by Gasteiger charge is 2.24. The molecule has 0 saturated carbocycles. The minimum Gasteiger partial charge on any atom is -0.368 e. The average Bonchev–Trinajstić information content (AvgIpc) is 2.62. The van der Waals surface area contributed by atoms with E-state index >= 15 is 0 Å². The molecule has 2 rings (SSSR count). The van der Waals surface area contributed by atoms with Crippen molar-refractivity contribution in [2.75, 3.05) is 11.4 Å². The molecule has 0 radical (unpaired) electrons. The maximum absolute atomic E-state index is 13.9. The number of hydrogen-bond acceptors (Lipinski definition) is 2. The molecule has 1 aromatic carbocycles. The molecule has 0 aliphatic carbocycles. The Morgan fingerprint density at radius 3 is 2.84 bits per heavy atom. The standard InChI is InChI=1S/C16H22FNO/c1-3-13-8-5-4-6-11-18(13)15-10-7-9-14(17)16(15)12(2)19/h7,9-10,13H,3-6,8,11H2,1-2H3. The van der Waals surface area contributed by atoms with Crippen molar-refractivity contribution >= 4 is 11.5 Å². The first kappa shape index (κ1) is 14.0. The monoisotopic (exact) mass is 263 g/mol. The van der Waals surface area contributed by atoms with Crippen molar-refractivity contribution in [1.82, 2.24) is 0 Å². The SMILES string of the molecule is CCC1CCCCCN1c1cccc(F)c1C(C)=O. The van der Waals surface area contributed by atoms with Crippen LogP contribution in [-0.2, 0) is 0 Å². The van der Waals surface area contributed by atoms with Crippen molar-refractivity contribution in [2.24, 2.45) is 0 Å². The summed E-state index contributed by atoms with van der Waals surface area (Å²) < 4.78 is 13.9. The number of benzene rings is 1. The van der Waals surface area contributed by atoms with Crippen LogP contribution in [0.25, 0.3) is 0 Å². The van der Waals surface area contributed by atoms with Crippen LogP contribution in [0.15, 0.2) is 18.2 Å². The van der Waals surface area contributed by atoms with E-state index < -0.39 is 5.82 Å². The molecule has 1 fully saturated rings. The van der Waals surface area contributed by atoms with E-state index in [0.717, 1.165) is 31.5 Å². The highest BCUT2D eigenvalue weighted by atomic mass is 19.1. The van der Waals surface area contributed by atoms with Gasteiger partial charge in [-0.05, 0) is 38.3 Å². The molecular formula is C16H22FNO. The van der Waals surface area contributed by atoms with E-state index in [1.807, 2.05) is 6.07 Å². The maximum Gasteiger partial charge on any atom is 0.164 e. The Hall–Kier alpha value is -1.38. The fourth-order valence-corrected chi connectivity index (χ4v) is 3.02. The smallest absolute Gasteiger partial charge is 0.164 e. The van der Waals surface area contributed by atoms with Crippen LogP contribution in [0.3, 0.4) is 0 Å². The predicted molar refractivity (Wildman–Crippen MR) is 76.3 cm³/mol. The van der Waals surface area contributed by atoms with Gasteiger partial charge in [0.2, 0.25) is 0 Å². The predicted octanol–water partition coefficient (Wildman–Crippen LogP) is 4.19. The molecule has 19 heavy (non-hydrogen) atoms. The topological polar surface area (TPSA) is 20.3 Å². The van der Waals surface area contributed by atoms with Crippen molar-refractivity contribution in [3.63, 3.8) is 0 Å². The van der Waals surface area contributed by atoms with E-state index in [4.69, 9.17) is 0 Å². The molecule has 1 aromatic rings. The molecule has 2 nitrogen and oxygen atoms in total. The van der Waals surface area contributed by atoms with E-state index in [-0.39, 0.29) is 11.3 Å². The van der Waals surface area contributed by atoms with E-state index in [9.17, 15) is 9.18 Å². The van der Waals surface area contributed by atoms with Gasteiger partial charge in [0.25, 0.3) is 0 Å². The highest BCUT2D eigenvalue weighted by molar-refractivity contribution is 6.00. The molecule has 1 heterocycles. The molecule has 0 spiro atoms. The zero-order valence-corrected chi connectivity index (χ0v) is 11.8. The van der Waals surface area contributed by atoms with Crippen LogP contribution in [0.1, 0.15) is 56.3 Å². The first-order chi connectivity index (χ1) is 9.15. The summed E-state index contributed by atoms with van der Waals surface area (Å²) in [6, 6.07) is 5.38. The fourth-order valence-electron chi connectivity index (χ4n) is 3.02. The number of carbonyl (C=O) groups excluding carboxylic acids is 1. The number of carbonyl (C=O) groups is 1. The van der Waals surface area contributed by atoms with Crippen LogP contribution >= 0.6 is 0 Å². The van der Waals surface area contributed by atoms with Gasteiger partial charge in [-0.3, -0.25) is 4.79 Å². The van der Waals surface area contributed by atoms with Gasteiger partial charge in [-0.2, -0.15) is 0 Å². The number of anilines is 1. The van der Waals surface area contributed by atoms with Crippen LogP contribution in [-0.4, -0.2) is 18.4 Å². The Bertz CT molecular complexity index is 458. The molecule has 1 aliphatic rings.